The molecule has 0 unspecified atom stereocenters. The standard InChI is InChI=1S/C36H50N4O.2ClH/c1-35(2)28-18-10-12-20-30(28)39(5)32(35)22-17-23-33-36(3,4)29-19-11-13-21-31(29)40(33)27-16-8-9-24-34(41)38-26-15-7-6-14-25-37;;/h10-13,17-23H,6-9,14-16,24-27,37H2,1-5H3;2*1H. The summed E-state index contributed by atoms with van der Waals surface area (Å²) in [7, 11) is 2.17. The summed E-state index contributed by atoms with van der Waals surface area (Å²) >= 11 is 0. The van der Waals surface area contributed by atoms with Crippen LogP contribution in [0.4, 0.5) is 11.4 Å². The number of unbranched alkanes of at least 4 members (excludes halogenated alkanes) is 5. The SMILES string of the molecule is C[N+]1=C(/C=C/C=C2\N(CCCCCC(=O)NCCCCCC[NH3+])c3ccccc3C2(C)C)C(C)(C)c2ccccc21.[Cl-].[Cl-]. The van der Waals surface area contributed by atoms with Gasteiger partial charge in [0.2, 0.25) is 11.6 Å². The third kappa shape index (κ3) is 8.32. The highest BCUT2D eigenvalue weighted by Crippen LogP contribution is 2.47. The van der Waals surface area contributed by atoms with Crippen molar-refractivity contribution in [1.82, 2.24) is 5.32 Å². The van der Waals surface area contributed by atoms with E-state index in [1.165, 1.54) is 53.2 Å². The number of amides is 1. The number of nitrogens with zero attached hydrogens (tertiary/aromatic N) is 2. The maximum atomic E-state index is 12.3. The van der Waals surface area contributed by atoms with Crippen LogP contribution in [0.2, 0.25) is 0 Å². The summed E-state index contributed by atoms with van der Waals surface area (Å²) in [4.78, 5) is 14.8. The highest BCUT2D eigenvalue weighted by Gasteiger charge is 2.43. The van der Waals surface area contributed by atoms with Crippen LogP contribution in [0.15, 0.2) is 72.5 Å². The second-order valence-corrected chi connectivity index (χ2v) is 12.7. The van der Waals surface area contributed by atoms with Gasteiger partial charge in [0.15, 0.2) is 5.71 Å². The Kier molecular flexibility index (Phi) is 14.0. The van der Waals surface area contributed by atoms with Gasteiger partial charge in [-0.3, -0.25) is 4.79 Å². The molecule has 0 aliphatic carbocycles. The largest absolute Gasteiger partial charge is 1.00 e. The van der Waals surface area contributed by atoms with Crippen LogP contribution in [0.5, 0.6) is 0 Å². The van der Waals surface area contributed by atoms with E-state index in [0.29, 0.717) is 6.42 Å². The summed E-state index contributed by atoms with van der Waals surface area (Å²) in [6, 6.07) is 17.6. The molecule has 0 fully saturated rings. The fourth-order valence-corrected chi connectivity index (χ4v) is 6.62. The Morgan fingerprint density at radius 2 is 1.51 bits per heavy atom. The Labute approximate surface area is 272 Å². The molecule has 0 saturated carbocycles. The molecule has 0 aromatic heterocycles. The zero-order valence-corrected chi connectivity index (χ0v) is 28.4. The van der Waals surface area contributed by atoms with Crippen molar-refractivity contribution >= 4 is 23.0 Å². The second kappa shape index (κ2) is 16.5. The van der Waals surface area contributed by atoms with E-state index >= 15 is 0 Å². The summed E-state index contributed by atoms with van der Waals surface area (Å²) in [6.45, 7) is 12.1. The normalized spacial score (nSPS) is 17.1. The number of hydrogen-bond donors (Lipinski definition) is 2. The van der Waals surface area contributed by atoms with Crippen LogP contribution in [0, 0.1) is 0 Å². The number of para-hydroxylation sites is 2. The molecule has 7 heteroatoms. The second-order valence-electron chi connectivity index (χ2n) is 12.7. The number of allylic oxidation sites excluding steroid dienone is 4. The number of carbonyl (C=O) groups is 1. The third-order valence-electron chi connectivity index (χ3n) is 9.03. The first-order valence-electron chi connectivity index (χ1n) is 15.7. The molecular weight excluding hydrogens is 575 g/mol. The summed E-state index contributed by atoms with van der Waals surface area (Å²) in [5.41, 5.74) is 11.8. The van der Waals surface area contributed by atoms with Crippen LogP contribution in [-0.2, 0) is 15.6 Å². The van der Waals surface area contributed by atoms with Crippen molar-refractivity contribution in [1.29, 1.82) is 0 Å². The molecule has 1 amide bonds. The maximum Gasteiger partial charge on any atom is 0.219 e. The summed E-state index contributed by atoms with van der Waals surface area (Å²) in [5.74, 6) is 0.194. The monoisotopic (exact) mass is 626 g/mol. The van der Waals surface area contributed by atoms with E-state index in [0.717, 1.165) is 45.3 Å². The Bertz CT molecular complexity index is 1310. The number of nitrogens with one attached hydrogen (secondary N) is 1. The average molecular weight is 628 g/mol. The quantitative estimate of drug-likeness (QED) is 0.236. The first-order valence-corrected chi connectivity index (χ1v) is 15.7. The van der Waals surface area contributed by atoms with Crippen molar-refractivity contribution in [2.75, 3.05) is 31.6 Å². The maximum absolute atomic E-state index is 12.3. The van der Waals surface area contributed by atoms with Crippen LogP contribution in [0.25, 0.3) is 0 Å². The number of benzene rings is 2. The minimum atomic E-state index is -0.0703. The van der Waals surface area contributed by atoms with Gasteiger partial charge in [0, 0.05) is 54.0 Å². The molecule has 236 valence electrons. The number of fused-ring (bicyclic) bond motifs is 2. The van der Waals surface area contributed by atoms with Crippen LogP contribution < -0.4 is 40.8 Å². The molecule has 4 N–H and O–H groups in total. The van der Waals surface area contributed by atoms with E-state index in [1.54, 1.807) is 0 Å². The molecule has 5 nitrogen and oxygen atoms in total. The number of halogens is 2. The molecule has 2 aliphatic heterocycles. The molecule has 2 aromatic rings. The smallest absolute Gasteiger partial charge is 0.219 e. The average Bonchev–Trinajstić information content (AvgIpc) is 3.29. The van der Waals surface area contributed by atoms with Gasteiger partial charge in [-0.15, -0.1) is 0 Å². The fourth-order valence-electron chi connectivity index (χ4n) is 6.62. The van der Waals surface area contributed by atoms with Crippen molar-refractivity contribution < 1.29 is 39.9 Å². The lowest BCUT2D eigenvalue weighted by Gasteiger charge is -2.27. The zero-order chi connectivity index (χ0) is 29.5. The number of rotatable bonds is 14. The minimum absolute atomic E-state index is 0. The molecule has 0 radical (unpaired) electrons. The zero-order valence-electron chi connectivity index (χ0n) is 26.9. The lowest BCUT2D eigenvalue weighted by Crippen LogP contribution is -3.00. The van der Waals surface area contributed by atoms with E-state index in [9.17, 15) is 4.79 Å². The number of quaternary nitrogens is 1. The van der Waals surface area contributed by atoms with Crippen molar-refractivity contribution in [3.8, 4) is 0 Å². The Morgan fingerprint density at radius 3 is 2.23 bits per heavy atom. The minimum Gasteiger partial charge on any atom is -1.00 e. The van der Waals surface area contributed by atoms with Crippen molar-refractivity contribution in [3.05, 3.63) is 83.6 Å². The molecule has 2 aliphatic rings. The molecule has 0 bridgehead atoms. The van der Waals surface area contributed by atoms with Gasteiger partial charge in [-0.1, -0.05) is 69.2 Å². The highest BCUT2D eigenvalue weighted by atomic mass is 35.5. The van der Waals surface area contributed by atoms with Gasteiger partial charge in [0.25, 0.3) is 0 Å². The first kappa shape index (κ1) is 36.6. The van der Waals surface area contributed by atoms with Crippen LogP contribution in [0.3, 0.4) is 0 Å². The van der Waals surface area contributed by atoms with Crippen molar-refractivity contribution in [3.63, 3.8) is 0 Å². The van der Waals surface area contributed by atoms with Crippen LogP contribution in [-0.4, -0.2) is 42.9 Å². The molecule has 0 atom stereocenters. The van der Waals surface area contributed by atoms with Gasteiger partial charge in [-0.05, 0) is 63.7 Å². The van der Waals surface area contributed by atoms with Gasteiger partial charge in [-0.2, -0.15) is 4.58 Å². The number of carbonyl (C=O) groups excluding carboxylic acids is 1. The number of anilines is 1. The lowest BCUT2D eigenvalue weighted by molar-refractivity contribution is -0.401. The molecule has 2 aromatic carbocycles. The Morgan fingerprint density at radius 1 is 0.860 bits per heavy atom. The van der Waals surface area contributed by atoms with Gasteiger partial charge in [0.1, 0.15) is 7.05 Å². The van der Waals surface area contributed by atoms with Crippen molar-refractivity contribution in [2.45, 2.75) is 89.9 Å². The van der Waals surface area contributed by atoms with Gasteiger partial charge >= 0.3 is 0 Å². The summed E-state index contributed by atoms with van der Waals surface area (Å²) < 4.78 is 2.33. The Balaban J connectivity index is 0.00000323. The summed E-state index contributed by atoms with van der Waals surface area (Å²) in [6.07, 6.45) is 15.2. The van der Waals surface area contributed by atoms with E-state index < -0.39 is 0 Å². The van der Waals surface area contributed by atoms with Gasteiger partial charge in [0.05, 0.1) is 12.0 Å². The van der Waals surface area contributed by atoms with E-state index in [2.05, 4.69) is 122 Å². The van der Waals surface area contributed by atoms with E-state index in [4.69, 9.17) is 0 Å². The topological polar surface area (TPSA) is 63.0 Å². The number of hydrogen-bond acceptors (Lipinski definition) is 2. The van der Waals surface area contributed by atoms with Crippen LogP contribution in [0.1, 0.15) is 90.2 Å². The molecular formula is C36H52Cl2N4O. The van der Waals surface area contributed by atoms with Crippen LogP contribution >= 0.6 is 0 Å². The highest BCUT2D eigenvalue weighted by molar-refractivity contribution is 6.03. The third-order valence-corrected chi connectivity index (χ3v) is 9.03. The predicted octanol–water partition coefficient (Wildman–Crippen LogP) is 0.417. The molecule has 4 rings (SSSR count). The lowest BCUT2D eigenvalue weighted by atomic mass is 9.81. The van der Waals surface area contributed by atoms with E-state index in [-0.39, 0.29) is 41.6 Å². The first-order chi connectivity index (χ1) is 19.7. The fraction of sp³-hybridized carbons (Fsp3) is 0.500. The molecule has 0 spiro atoms. The van der Waals surface area contributed by atoms with E-state index in [1.807, 2.05) is 0 Å². The molecule has 2 heterocycles. The predicted molar refractivity (Wildman–Crippen MR) is 172 cm³/mol. The molecule has 43 heavy (non-hydrogen) atoms. The summed E-state index contributed by atoms with van der Waals surface area (Å²) in [5, 5.41) is 3.10. The Hall–Kier alpha value is -2.60. The van der Waals surface area contributed by atoms with Gasteiger partial charge < -0.3 is 40.8 Å². The van der Waals surface area contributed by atoms with Crippen molar-refractivity contribution in [2.24, 2.45) is 0 Å². The van der Waals surface area contributed by atoms with Gasteiger partial charge in [-0.25, -0.2) is 0 Å². The molecule has 0 saturated heterocycles.